The molecule has 5 nitrogen and oxygen atoms in total. The molecule has 2 amide bonds. The van der Waals surface area contributed by atoms with Crippen LogP contribution in [0.3, 0.4) is 0 Å². The second kappa shape index (κ2) is 4.50. The first-order chi connectivity index (χ1) is 8.04. The monoisotopic (exact) mass is 237 g/mol. The highest BCUT2D eigenvalue weighted by Gasteiger charge is 2.22. The number of nitrogens with one attached hydrogen (secondary N) is 1. The molecule has 2 rings (SSSR count). The zero-order valence-electron chi connectivity index (χ0n) is 9.07. The van der Waals surface area contributed by atoms with Gasteiger partial charge in [-0.1, -0.05) is 6.07 Å². The zero-order valence-corrected chi connectivity index (χ0v) is 9.07. The predicted octanol–water partition coefficient (Wildman–Crippen LogP) is -0.134. The molecule has 0 saturated carbocycles. The molecule has 0 aromatic heterocycles. The van der Waals surface area contributed by atoms with Crippen LogP contribution in [-0.4, -0.2) is 29.8 Å². The van der Waals surface area contributed by atoms with E-state index in [1.165, 1.54) is 12.1 Å². The number of anilines is 1. The molecule has 17 heavy (non-hydrogen) atoms. The molecule has 90 valence electrons. The summed E-state index contributed by atoms with van der Waals surface area (Å²) in [5, 5.41) is 2.20. The van der Waals surface area contributed by atoms with E-state index in [1.54, 1.807) is 11.0 Å². The molecular weight excluding hydrogens is 225 g/mol. The second-order valence-corrected chi connectivity index (χ2v) is 3.97. The van der Waals surface area contributed by atoms with Crippen LogP contribution < -0.4 is 11.1 Å². The Morgan fingerprint density at radius 3 is 2.53 bits per heavy atom. The number of nitrogen functional groups attached to an aromatic ring is 1. The molecular formula is C11H12FN3O2. The Kier molecular flexibility index (Phi) is 3.06. The van der Waals surface area contributed by atoms with E-state index in [9.17, 15) is 14.0 Å². The maximum Gasteiger partial charge on any atom is 0.240 e. The Labute approximate surface area is 97.4 Å². The smallest absolute Gasteiger partial charge is 0.240 e. The van der Waals surface area contributed by atoms with Crippen LogP contribution >= 0.6 is 0 Å². The number of hydrogen-bond acceptors (Lipinski definition) is 4. The molecule has 1 saturated heterocycles. The summed E-state index contributed by atoms with van der Waals surface area (Å²) in [6, 6.07) is 4.46. The van der Waals surface area contributed by atoms with E-state index in [2.05, 4.69) is 5.32 Å². The van der Waals surface area contributed by atoms with Gasteiger partial charge in [0.25, 0.3) is 0 Å². The second-order valence-electron chi connectivity index (χ2n) is 3.97. The molecule has 6 heteroatoms. The molecule has 0 bridgehead atoms. The molecule has 1 aliphatic rings. The molecule has 1 aromatic rings. The predicted molar refractivity (Wildman–Crippen MR) is 59.2 cm³/mol. The summed E-state index contributed by atoms with van der Waals surface area (Å²) in [5.41, 5.74) is 6.12. The number of nitrogens with zero attached hydrogens (tertiary/aromatic N) is 1. The lowest BCUT2D eigenvalue weighted by Gasteiger charge is -2.25. The Hall–Kier alpha value is -1.95. The number of carbonyl (C=O) groups excluding carboxylic acids is 2. The Morgan fingerprint density at radius 1 is 1.29 bits per heavy atom. The first kappa shape index (κ1) is 11.5. The highest BCUT2D eigenvalue weighted by molar-refractivity contribution is 5.99. The molecule has 0 spiro atoms. The average Bonchev–Trinajstić information content (AvgIpc) is 2.22. The van der Waals surface area contributed by atoms with Gasteiger partial charge in [-0.3, -0.25) is 19.8 Å². The van der Waals surface area contributed by atoms with Crippen molar-refractivity contribution in [3.63, 3.8) is 0 Å². The lowest BCUT2D eigenvalue weighted by atomic mass is 10.1. The molecule has 0 atom stereocenters. The maximum atomic E-state index is 13.2. The zero-order chi connectivity index (χ0) is 12.4. The summed E-state index contributed by atoms with van der Waals surface area (Å²) in [4.78, 5) is 23.9. The third-order valence-electron chi connectivity index (χ3n) is 2.48. The summed E-state index contributed by atoms with van der Waals surface area (Å²) >= 11 is 0. The molecule has 1 heterocycles. The Bertz CT molecular complexity index is 460. The van der Waals surface area contributed by atoms with E-state index < -0.39 is 5.82 Å². The van der Waals surface area contributed by atoms with Crippen LogP contribution in [0.1, 0.15) is 5.56 Å². The van der Waals surface area contributed by atoms with Crippen LogP contribution in [0, 0.1) is 5.82 Å². The van der Waals surface area contributed by atoms with E-state index in [0.29, 0.717) is 12.1 Å². The van der Waals surface area contributed by atoms with Gasteiger partial charge in [0.05, 0.1) is 18.8 Å². The van der Waals surface area contributed by atoms with Crippen LogP contribution in [0.25, 0.3) is 0 Å². The number of imide groups is 1. The molecule has 1 fully saturated rings. The number of halogens is 1. The third kappa shape index (κ3) is 2.79. The van der Waals surface area contributed by atoms with Crippen LogP contribution in [0.2, 0.25) is 0 Å². The lowest BCUT2D eigenvalue weighted by Crippen LogP contribution is -2.50. The van der Waals surface area contributed by atoms with Gasteiger partial charge in [0.2, 0.25) is 11.8 Å². The van der Waals surface area contributed by atoms with Crippen molar-refractivity contribution >= 4 is 17.5 Å². The fourth-order valence-electron chi connectivity index (χ4n) is 1.74. The summed E-state index contributed by atoms with van der Waals surface area (Å²) in [6.07, 6.45) is 0. The van der Waals surface area contributed by atoms with Gasteiger partial charge >= 0.3 is 0 Å². The van der Waals surface area contributed by atoms with Crippen LogP contribution in [0.5, 0.6) is 0 Å². The standard InChI is InChI=1S/C11H12FN3O2/c12-8-3-7(1-2-9(8)13)4-15-5-10(16)14-11(17)6-15/h1-3H,4-6,13H2,(H,14,16,17). The summed E-state index contributed by atoms with van der Waals surface area (Å²) in [6.45, 7) is 0.617. The van der Waals surface area contributed by atoms with Crippen LogP contribution in [-0.2, 0) is 16.1 Å². The van der Waals surface area contributed by atoms with Crippen LogP contribution in [0.4, 0.5) is 10.1 Å². The van der Waals surface area contributed by atoms with E-state index in [-0.39, 0.29) is 30.6 Å². The Morgan fingerprint density at radius 2 is 1.94 bits per heavy atom. The van der Waals surface area contributed by atoms with Crippen molar-refractivity contribution in [2.24, 2.45) is 0 Å². The number of carbonyl (C=O) groups is 2. The highest BCUT2D eigenvalue weighted by atomic mass is 19.1. The maximum absolute atomic E-state index is 13.2. The van der Waals surface area contributed by atoms with E-state index in [1.807, 2.05) is 0 Å². The number of benzene rings is 1. The number of nitrogens with two attached hydrogens (primary N) is 1. The fourth-order valence-corrected chi connectivity index (χ4v) is 1.74. The first-order valence-corrected chi connectivity index (χ1v) is 5.13. The Balaban J connectivity index is 2.07. The largest absolute Gasteiger partial charge is 0.396 e. The van der Waals surface area contributed by atoms with Gasteiger partial charge in [-0.15, -0.1) is 0 Å². The first-order valence-electron chi connectivity index (χ1n) is 5.13. The topological polar surface area (TPSA) is 75.4 Å². The number of amides is 2. The SMILES string of the molecule is Nc1ccc(CN2CC(=O)NC(=O)C2)cc1F. The molecule has 0 radical (unpaired) electrons. The number of rotatable bonds is 2. The van der Waals surface area contributed by atoms with Crippen molar-refractivity contribution in [3.8, 4) is 0 Å². The minimum Gasteiger partial charge on any atom is -0.396 e. The van der Waals surface area contributed by atoms with Gasteiger partial charge in [0, 0.05) is 6.54 Å². The lowest BCUT2D eigenvalue weighted by molar-refractivity contribution is -0.136. The van der Waals surface area contributed by atoms with E-state index >= 15 is 0 Å². The van der Waals surface area contributed by atoms with Crippen molar-refractivity contribution in [1.82, 2.24) is 10.2 Å². The van der Waals surface area contributed by atoms with Gasteiger partial charge in [0.15, 0.2) is 0 Å². The van der Waals surface area contributed by atoms with E-state index in [0.717, 1.165) is 0 Å². The number of hydrogen-bond donors (Lipinski definition) is 2. The van der Waals surface area contributed by atoms with Crippen molar-refractivity contribution in [2.75, 3.05) is 18.8 Å². The third-order valence-corrected chi connectivity index (χ3v) is 2.48. The van der Waals surface area contributed by atoms with Crippen LogP contribution in [0.15, 0.2) is 18.2 Å². The van der Waals surface area contributed by atoms with Crippen molar-refractivity contribution < 1.29 is 14.0 Å². The van der Waals surface area contributed by atoms with Gasteiger partial charge in [-0.2, -0.15) is 0 Å². The molecule has 1 aromatic carbocycles. The summed E-state index contributed by atoms with van der Waals surface area (Å²) < 4.78 is 13.2. The fraction of sp³-hybridized carbons (Fsp3) is 0.273. The highest BCUT2D eigenvalue weighted by Crippen LogP contribution is 2.14. The minimum absolute atomic E-state index is 0.0845. The normalized spacial score (nSPS) is 17.0. The molecule has 1 aliphatic heterocycles. The quantitative estimate of drug-likeness (QED) is 0.555. The van der Waals surface area contributed by atoms with Gasteiger partial charge < -0.3 is 5.73 Å². The molecule has 3 N–H and O–H groups in total. The van der Waals surface area contributed by atoms with Gasteiger partial charge in [-0.05, 0) is 17.7 Å². The molecule has 0 aliphatic carbocycles. The van der Waals surface area contributed by atoms with Gasteiger partial charge in [-0.25, -0.2) is 4.39 Å². The summed E-state index contributed by atoms with van der Waals surface area (Å²) in [5.74, 6) is -1.16. The van der Waals surface area contributed by atoms with Crippen molar-refractivity contribution in [1.29, 1.82) is 0 Å². The number of piperazine rings is 1. The van der Waals surface area contributed by atoms with E-state index in [4.69, 9.17) is 5.73 Å². The molecule has 0 unspecified atom stereocenters. The minimum atomic E-state index is -0.490. The average molecular weight is 237 g/mol. The van der Waals surface area contributed by atoms with Crippen molar-refractivity contribution in [3.05, 3.63) is 29.6 Å². The van der Waals surface area contributed by atoms with Crippen molar-refractivity contribution in [2.45, 2.75) is 6.54 Å². The summed E-state index contributed by atoms with van der Waals surface area (Å²) in [7, 11) is 0. The van der Waals surface area contributed by atoms with Gasteiger partial charge in [0.1, 0.15) is 5.82 Å².